The number of hydrogen-bond acceptors (Lipinski definition) is 2. The highest BCUT2D eigenvalue weighted by molar-refractivity contribution is 6.30. The second kappa shape index (κ2) is 7.62. The van der Waals surface area contributed by atoms with Crippen LogP contribution in [-0.2, 0) is 6.54 Å². The highest BCUT2D eigenvalue weighted by Crippen LogP contribution is 2.39. The third kappa shape index (κ3) is 4.98. The zero-order valence-electron chi connectivity index (χ0n) is 13.7. The smallest absolute Gasteiger partial charge is 0.0409 e. The molecule has 0 saturated heterocycles. The van der Waals surface area contributed by atoms with E-state index in [0.717, 1.165) is 30.6 Å². The van der Waals surface area contributed by atoms with Gasteiger partial charge < -0.3 is 10.2 Å². The molecule has 2 nitrogen and oxygen atoms in total. The molecule has 1 fully saturated rings. The average Bonchev–Trinajstić information content (AvgIpc) is 2.42. The van der Waals surface area contributed by atoms with Gasteiger partial charge in [-0.2, -0.15) is 0 Å². The molecule has 1 saturated carbocycles. The topological polar surface area (TPSA) is 15.3 Å². The van der Waals surface area contributed by atoms with Crippen molar-refractivity contribution in [3.63, 3.8) is 0 Å². The van der Waals surface area contributed by atoms with E-state index in [-0.39, 0.29) is 0 Å². The van der Waals surface area contributed by atoms with E-state index in [4.69, 9.17) is 11.6 Å². The molecule has 0 aliphatic heterocycles. The van der Waals surface area contributed by atoms with Crippen molar-refractivity contribution in [2.75, 3.05) is 27.2 Å². The molecular formula is C18H29ClN2. The van der Waals surface area contributed by atoms with Crippen molar-refractivity contribution in [2.24, 2.45) is 11.3 Å². The summed E-state index contributed by atoms with van der Waals surface area (Å²) in [6, 6.07) is 8.22. The summed E-state index contributed by atoms with van der Waals surface area (Å²) in [4.78, 5) is 2.46. The van der Waals surface area contributed by atoms with E-state index in [2.05, 4.69) is 43.4 Å². The van der Waals surface area contributed by atoms with E-state index in [1.165, 1.54) is 31.2 Å². The Kier molecular flexibility index (Phi) is 6.09. The predicted octanol–water partition coefficient (Wildman–Crippen LogP) is 4.19. The van der Waals surface area contributed by atoms with Crippen molar-refractivity contribution >= 4 is 11.6 Å². The largest absolute Gasteiger partial charge is 0.319 e. The monoisotopic (exact) mass is 308 g/mol. The molecule has 0 aromatic heterocycles. The summed E-state index contributed by atoms with van der Waals surface area (Å²) in [7, 11) is 4.31. The van der Waals surface area contributed by atoms with Crippen molar-refractivity contribution in [3.8, 4) is 0 Å². The van der Waals surface area contributed by atoms with E-state index in [9.17, 15) is 0 Å². The van der Waals surface area contributed by atoms with Crippen molar-refractivity contribution < 1.29 is 0 Å². The van der Waals surface area contributed by atoms with Crippen LogP contribution in [-0.4, -0.2) is 32.1 Å². The van der Waals surface area contributed by atoms with Crippen LogP contribution in [0, 0.1) is 11.3 Å². The van der Waals surface area contributed by atoms with Gasteiger partial charge >= 0.3 is 0 Å². The van der Waals surface area contributed by atoms with Gasteiger partial charge in [-0.15, -0.1) is 0 Å². The molecule has 21 heavy (non-hydrogen) atoms. The highest BCUT2D eigenvalue weighted by atomic mass is 35.5. The van der Waals surface area contributed by atoms with Gasteiger partial charge in [-0.25, -0.2) is 0 Å². The SMILES string of the molecule is CNCC1(CN(C)Cc2cccc(Cl)c2)CCC(C)CC1. The number of benzene rings is 1. The molecule has 118 valence electrons. The van der Waals surface area contributed by atoms with Gasteiger partial charge in [0, 0.05) is 24.7 Å². The molecule has 0 spiro atoms. The predicted molar refractivity (Wildman–Crippen MR) is 91.8 cm³/mol. The number of rotatable bonds is 6. The summed E-state index contributed by atoms with van der Waals surface area (Å²) < 4.78 is 0. The van der Waals surface area contributed by atoms with E-state index in [1.807, 2.05) is 12.1 Å². The summed E-state index contributed by atoms with van der Waals surface area (Å²) in [5, 5.41) is 4.25. The van der Waals surface area contributed by atoms with Crippen LogP contribution in [0.1, 0.15) is 38.2 Å². The lowest BCUT2D eigenvalue weighted by Gasteiger charge is -2.42. The standard InChI is InChI=1S/C18H29ClN2/c1-15-7-9-18(10-8-15,13-20-2)14-21(3)12-16-5-4-6-17(19)11-16/h4-6,11,15,20H,7-10,12-14H2,1-3H3. The average molecular weight is 309 g/mol. The summed E-state index contributed by atoms with van der Waals surface area (Å²) in [6.45, 7) is 5.65. The van der Waals surface area contributed by atoms with Crippen LogP contribution in [0.25, 0.3) is 0 Å². The quantitative estimate of drug-likeness (QED) is 0.848. The first kappa shape index (κ1) is 16.8. The first-order valence-corrected chi connectivity index (χ1v) is 8.48. The minimum Gasteiger partial charge on any atom is -0.319 e. The van der Waals surface area contributed by atoms with E-state index >= 15 is 0 Å². The van der Waals surface area contributed by atoms with Crippen LogP contribution in [0.2, 0.25) is 5.02 Å². The van der Waals surface area contributed by atoms with Crippen LogP contribution >= 0.6 is 11.6 Å². The molecule has 1 aromatic carbocycles. The summed E-state index contributed by atoms with van der Waals surface area (Å²) in [5.41, 5.74) is 1.74. The molecule has 2 rings (SSSR count). The summed E-state index contributed by atoms with van der Waals surface area (Å²) in [5.74, 6) is 0.896. The van der Waals surface area contributed by atoms with Crippen molar-refractivity contribution in [2.45, 2.75) is 39.2 Å². The summed E-state index contributed by atoms with van der Waals surface area (Å²) in [6.07, 6.45) is 5.42. The van der Waals surface area contributed by atoms with E-state index in [1.54, 1.807) is 0 Å². The highest BCUT2D eigenvalue weighted by Gasteiger charge is 2.34. The Morgan fingerprint density at radius 2 is 2.05 bits per heavy atom. The third-order valence-corrected chi connectivity index (χ3v) is 5.07. The minimum absolute atomic E-state index is 0.439. The van der Waals surface area contributed by atoms with Crippen molar-refractivity contribution in [1.82, 2.24) is 10.2 Å². The maximum Gasteiger partial charge on any atom is 0.0409 e. The molecule has 0 amide bonds. The molecule has 1 N–H and O–H groups in total. The second-order valence-corrected chi connectivity index (χ2v) is 7.45. The van der Waals surface area contributed by atoms with Crippen molar-refractivity contribution in [3.05, 3.63) is 34.9 Å². The van der Waals surface area contributed by atoms with E-state index < -0.39 is 0 Å². The van der Waals surface area contributed by atoms with Gasteiger partial charge in [-0.3, -0.25) is 0 Å². The molecule has 0 unspecified atom stereocenters. The maximum absolute atomic E-state index is 6.08. The molecule has 0 heterocycles. The zero-order valence-corrected chi connectivity index (χ0v) is 14.4. The van der Waals surface area contributed by atoms with Crippen LogP contribution < -0.4 is 5.32 Å². The van der Waals surface area contributed by atoms with Crippen LogP contribution in [0.5, 0.6) is 0 Å². The third-order valence-electron chi connectivity index (χ3n) is 4.83. The Morgan fingerprint density at radius 3 is 2.67 bits per heavy atom. The fourth-order valence-electron chi connectivity index (χ4n) is 3.72. The normalized spacial score (nSPS) is 26.2. The van der Waals surface area contributed by atoms with Gasteiger partial charge in [0.05, 0.1) is 0 Å². The minimum atomic E-state index is 0.439. The first-order chi connectivity index (χ1) is 10.0. The number of nitrogens with one attached hydrogen (secondary N) is 1. The van der Waals surface area contributed by atoms with Crippen LogP contribution in [0.4, 0.5) is 0 Å². The number of hydrogen-bond donors (Lipinski definition) is 1. The van der Waals surface area contributed by atoms with Gasteiger partial charge in [0.25, 0.3) is 0 Å². The zero-order chi connectivity index (χ0) is 15.3. The Balaban J connectivity index is 1.96. The second-order valence-electron chi connectivity index (χ2n) is 7.02. The van der Waals surface area contributed by atoms with Crippen LogP contribution in [0.3, 0.4) is 0 Å². The first-order valence-electron chi connectivity index (χ1n) is 8.11. The lowest BCUT2D eigenvalue weighted by molar-refractivity contribution is 0.0979. The van der Waals surface area contributed by atoms with Gasteiger partial charge in [0.15, 0.2) is 0 Å². The molecular weight excluding hydrogens is 280 g/mol. The Morgan fingerprint density at radius 1 is 1.33 bits per heavy atom. The fraction of sp³-hybridized carbons (Fsp3) is 0.667. The maximum atomic E-state index is 6.08. The number of nitrogens with zero attached hydrogens (tertiary/aromatic N) is 1. The molecule has 1 aromatic rings. The van der Waals surface area contributed by atoms with Crippen LogP contribution in [0.15, 0.2) is 24.3 Å². The molecule has 1 aliphatic rings. The van der Waals surface area contributed by atoms with E-state index in [0.29, 0.717) is 5.41 Å². The van der Waals surface area contributed by atoms with Gasteiger partial charge in [0.1, 0.15) is 0 Å². The molecule has 3 heteroatoms. The molecule has 0 bridgehead atoms. The Hall–Kier alpha value is -0.570. The molecule has 0 radical (unpaired) electrons. The fourth-order valence-corrected chi connectivity index (χ4v) is 3.93. The summed E-state index contributed by atoms with van der Waals surface area (Å²) >= 11 is 6.08. The molecule has 1 aliphatic carbocycles. The Bertz CT molecular complexity index is 439. The van der Waals surface area contributed by atoms with Gasteiger partial charge in [0.2, 0.25) is 0 Å². The molecule has 0 atom stereocenters. The Labute approximate surface area is 134 Å². The number of halogens is 1. The van der Waals surface area contributed by atoms with Gasteiger partial charge in [-0.05, 0) is 56.0 Å². The van der Waals surface area contributed by atoms with Crippen molar-refractivity contribution in [1.29, 1.82) is 0 Å². The lowest BCUT2D eigenvalue weighted by atomic mass is 9.70. The lowest BCUT2D eigenvalue weighted by Crippen LogP contribution is -2.44. The van der Waals surface area contributed by atoms with Gasteiger partial charge in [-0.1, -0.05) is 43.5 Å².